The molecule has 0 fully saturated rings. The van der Waals surface area contributed by atoms with Crippen LogP contribution in [-0.4, -0.2) is 23.2 Å². The molecular weight excluding hydrogens is 228 g/mol. The molecule has 0 aliphatic rings. The second kappa shape index (κ2) is 5.96. The molecule has 1 aromatic rings. The van der Waals surface area contributed by atoms with E-state index < -0.39 is 5.97 Å². The van der Waals surface area contributed by atoms with E-state index in [1.807, 2.05) is 0 Å². The average molecular weight is 240 g/mol. The molecule has 6 nitrogen and oxygen atoms in total. The molecule has 0 bridgehead atoms. The van der Waals surface area contributed by atoms with Gasteiger partial charge in [-0.2, -0.15) is 5.10 Å². The summed E-state index contributed by atoms with van der Waals surface area (Å²) >= 11 is 1.27. The molecular formula is C9H12N4O2S. The van der Waals surface area contributed by atoms with Gasteiger partial charge >= 0.3 is 5.97 Å². The third-order valence-corrected chi connectivity index (χ3v) is 2.58. The summed E-state index contributed by atoms with van der Waals surface area (Å²) in [4.78, 5) is 15.2. The summed E-state index contributed by atoms with van der Waals surface area (Å²) in [5.74, 6) is 5.12. The second-order valence-corrected chi connectivity index (χ2v) is 3.78. The van der Waals surface area contributed by atoms with Crippen LogP contribution < -0.4 is 11.6 Å². The van der Waals surface area contributed by atoms with Gasteiger partial charge in [0.2, 0.25) is 0 Å². The van der Waals surface area contributed by atoms with Gasteiger partial charge in [0.15, 0.2) is 5.17 Å². The van der Waals surface area contributed by atoms with Crippen molar-refractivity contribution in [1.29, 1.82) is 0 Å². The van der Waals surface area contributed by atoms with Crippen molar-refractivity contribution in [3.05, 3.63) is 29.6 Å². The molecule has 0 aromatic carbocycles. The number of esters is 1. The van der Waals surface area contributed by atoms with E-state index in [2.05, 4.69) is 14.8 Å². The maximum absolute atomic E-state index is 11.1. The maximum Gasteiger partial charge on any atom is 0.339 e. The van der Waals surface area contributed by atoms with Crippen LogP contribution in [0, 0.1) is 0 Å². The topological polar surface area (TPSA) is 104 Å². The Morgan fingerprint density at radius 3 is 2.88 bits per heavy atom. The van der Waals surface area contributed by atoms with Crippen molar-refractivity contribution in [2.24, 2.45) is 16.7 Å². The van der Waals surface area contributed by atoms with Crippen LogP contribution in [0.5, 0.6) is 0 Å². The summed E-state index contributed by atoms with van der Waals surface area (Å²) in [5.41, 5.74) is 6.60. The van der Waals surface area contributed by atoms with Gasteiger partial charge in [0, 0.05) is 11.9 Å². The summed E-state index contributed by atoms with van der Waals surface area (Å²) in [7, 11) is 1.32. The fourth-order valence-electron chi connectivity index (χ4n) is 0.934. The van der Waals surface area contributed by atoms with Gasteiger partial charge in [-0.15, -0.1) is 0 Å². The van der Waals surface area contributed by atoms with Crippen LogP contribution in [0.1, 0.15) is 16.1 Å². The molecule has 4 N–H and O–H groups in total. The molecule has 0 aliphatic heterocycles. The monoisotopic (exact) mass is 240 g/mol. The van der Waals surface area contributed by atoms with Crippen LogP contribution in [0.3, 0.4) is 0 Å². The van der Waals surface area contributed by atoms with Crippen molar-refractivity contribution in [1.82, 2.24) is 4.98 Å². The van der Waals surface area contributed by atoms with E-state index in [-0.39, 0.29) is 0 Å². The lowest BCUT2D eigenvalue weighted by molar-refractivity contribution is 0.0600. The molecule has 1 aromatic heterocycles. The molecule has 1 rings (SSSR count). The Morgan fingerprint density at radius 2 is 2.38 bits per heavy atom. The zero-order chi connectivity index (χ0) is 12.0. The van der Waals surface area contributed by atoms with Crippen LogP contribution in [-0.2, 0) is 10.5 Å². The zero-order valence-corrected chi connectivity index (χ0v) is 9.53. The van der Waals surface area contributed by atoms with E-state index in [4.69, 9.17) is 11.6 Å². The van der Waals surface area contributed by atoms with Crippen molar-refractivity contribution < 1.29 is 9.53 Å². The Bertz CT molecular complexity index is 391. The summed E-state index contributed by atoms with van der Waals surface area (Å²) in [5, 5.41) is 3.61. The SMILES string of the molecule is COC(=O)c1ccc(CSC(N)=NN)nc1. The first-order valence-electron chi connectivity index (χ1n) is 4.36. The fraction of sp³-hybridized carbons (Fsp3) is 0.222. The lowest BCUT2D eigenvalue weighted by Gasteiger charge is -2.01. The van der Waals surface area contributed by atoms with Crippen molar-refractivity contribution in [2.45, 2.75) is 5.75 Å². The van der Waals surface area contributed by atoms with Crippen LogP contribution in [0.4, 0.5) is 0 Å². The Labute approximate surface area is 97.1 Å². The first-order valence-corrected chi connectivity index (χ1v) is 5.35. The van der Waals surface area contributed by atoms with Gasteiger partial charge in [0.1, 0.15) is 0 Å². The lowest BCUT2D eigenvalue weighted by atomic mass is 10.2. The van der Waals surface area contributed by atoms with Crippen LogP contribution in [0.15, 0.2) is 23.4 Å². The molecule has 0 unspecified atom stereocenters. The lowest BCUT2D eigenvalue weighted by Crippen LogP contribution is -2.09. The number of aromatic nitrogens is 1. The highest BCUT2D eigenvalue weighted by molar-refractivity contribution is 8.13. The largest absolute Gasteiger partial charge is 0.465 e. The standard InChI is InChI=1S/C9H12N4O2S/c1-15-8(14)6-2-3-7(12-4-6)5-16-9(10)13-11/h2-4H,5,11H2,1H3,(H2,10,13). The van der Waals surface area contributed by atoms with Crippen molar-refractivity contribution in [2.75, 3.05) is 7.11 Å². The second-order valence-electron chi connectivity index (χ2n) is 2.79. The minimum absolute atomic E-state index is 0.291. The average Bonchev–Trinajstić information content (AvgIpc) is 2.35. The molecule has 7 heteroatoms. The molecule has 86 valence electrons. The number of carbonyl (C=O) groups excluding carboxylic acids is 1. The van der Waals surface area contributed by atoms with E-state index in [0.717, 1.165) is 5.69 Å². The van der Waals surface area contributed by atoms with Crippen LogP contribution >= 0.6 is 11.8 Å². The minimum Gasteiger partial charge on any atom is -0.465 e. The molecule has 0 atom stereocenters. The summed E-state index contributed by atoms with van der Waals surface area (Å²) < 4.78 is 4.55. The molecule has 0 radical (unpaired) electrons. The summed E-state index contributed by atoms with van der Waals surface area (Å²) in [6.07, 6.45) is 1.46. The van der Waals surface area contributed by atoms with E-state index >= 15 is 0 Å². The highest BCUT2D eigenvalue weighted by atomic mass is 32.2. The van der Waals surface area contributed by atoms with Gasteiger partial charge in [-0.05, 0) is 12.1 Å². The first kappa shape index (κ1) is 12.3. The van der Waals surface area contributed by atoms with Crippen LogP contribution in [0.2, 0.25) is 0 Å². The van der Waals surface area contributed by atoms with Crippen molar-refractivity contribution >= 4 is 22.9 Å². The number of nitrogens with zero attached hydrogens (tertiary/aromatic N) is 2. The summed E-state index contributed by atoms with van der Waals surface area (Å²) in [6, 6.07) is 3.37. The summed E-state index contributed by atoms with van der Waals surface area (Å²) in [6.45, 7) is 0. The Morgan fingerprint density at radius 1 is 1.62 bits per heavy atom. The molecule has 0 aliphatic carbocycles. The molecule has 0 saturated heterocycles. The number of nitrogens with two attached hydrogens (primary N) is 2. The van der Waals surface area contributed by atoms with Crippen molar-refractivity contribution in [3.63, 3.8) is 0 Å². The Kier molecular flexibility index (Phi) is 4.59. The number of carbonyl (C=O) groups is 1. The first-order chi connectivity index (χ1) is 7.67. The highest BCUT2D eigenvalue weighted by Gasteiger charge is 2.05. The van der Waals surface area contributed by atoms with Gasteiger partial charge in [-0.3, -0.25) is 4.98 Å². The number of thioether (sulfide) groups is 1. The van der Waals surface area contributed by atoms with E-state index in [9.17, 15) is 4.79 Å². The number of hydrogen-bond acceptors (Lipinski definition) is 6. The number of methoxy groups -OCH3 is 1. The van der Waals surface area contributed by atoms with Crippen molar-refractivity contribution in [3.8, 4) is 0 Å². The quantitative estimate of drug-likeness (QED) is 0.259. The Balaban J connectivity index is 2.61. The molecule has 0 amide bonds. The van der Waals surface area contributed by atoms with Gasteiger partial charge in [-0.1, -0.05) is 11.8 Å². The molecule has 1 heterocycles. The third kappa shape index (κ3) is 3.43. The smallest absolute Gasteiger partial charge is 0.339 e. The number of pyridine rings is 1. The normalized spacial score (nSPS) is 11.2. The number of amidine groups is 1. The third-order valence-electron chi connectivity index (χ3n) is 1.74. The van der Waals surface area contributed by atoms with Gasteiger partial charge in [0.25, 0.3) is 0 Å². The predicted octanol–water partition coefficient (Wildman–Crippen LogP) is 0.290. The highest BCUT2D eigenvalue weighted by Crippen LogP contribution is 2.10. The fourth-order valence-corrected chi connectivity index (χ4v) is 1.47. The van der Waals surface area contributed by atoms with Gasteiger partial charge in [-0.25, -0.2) is 4.79 Å². The zero-order valence-electron chi connectivity index (χ0n) is 8.71. The molecule has 0 spiro atoms. The number of hydrazone groups is 1. The van der Waals surface area contributed by atoms with Crippen LogP contribution in [0.25, 0.3) is 0 Å². The Hall–Kier alpha value is -1.76. The molecule has 16 heavy (non-hydrogen) atoms. The maximum atomic E-state index is 11.1. The minimum atomic E-state index is -0.408. The predicted molar refractivity (Wildman–Crippen MR) is 62.7 cm³/mol. The van der Waals surface area contributed by atoms with E-state index in [0.29, 0.717) is 16.5 Å². The number of hydrogen-bond donors (Lipinski definition) is 2. The number of rotatable bonds is 3. The van der Waals surface area contributed by atoms with Gasteiger partial charge in [0.05, 0.1) is 18.4 Å². The van der Waals surface area contributed by atoms with E-state index in [1.165, 1.54) is 25.1 Å². The molecule has 0 saturated carbocycles. The van der Waals surface area contributed by atoms with Gasteiger partial charge < -0.3 is 16.3 Å². The van der Waals surface area contributed by atoms with E-state index in [1.54, 1.807) is 12.1 Å². The number of ether oxygens (including phenoxy) is 1.